The molecule has 2 aromatic heterocycles. The van der Waals surface area contributed by atoms with Crippen LogP contribution in [0.3, 0.4) is 0 Å². The minimum atomic E-state index is -0.528. The number of para-hydroxylation sites is 1. The van der Waals surface area contributed by atoms with Gasteiger partial charge in [-0.2, -0.15) is 0 Å². The van der Waals surface area contributed by atoms with Crippen LogP contribution in [0, 0.1) is 6.92 Å². The van der Waals surface area contributed by atoms with E-state index >= 15 is 0 Å². The number of amides is 1. The second-order valence-corrected chi connectivity index (χ2v) is 9.86. The largest absolute Gasteiger partial charge is 0.496 e. The number of methoxy groups -OCH3 is 1. The molecule has 1 aliphatic rings. The zero-order chi connectivity index (χ0) is 23.3. The van der Waals surface area contributed by atoms with Crippen LogP contribution in [0.2, 0.25) is 0 Å². The average Bonchev–Trinajstić information content (AvgIpc) is 3.17. The molecule has 0 fully saturated rings. The molecule has 0 aliphatic carbocycles. The number of thiazole rings is 1. The van der Waals surface area contributed by atoms with E-state index in [1.54, 1.807) is 7.11 Å². The Balaban J connectivity index is 1.52. The van der Waals surface area contributed by atoms with Gasteiger partial charge in [0.05, 0.1) is 34.7 Å². The number of anilines is 1. The lowest BCUT2D eigenvalue weighted by molar-refractivity contribution is -0.115. The number of carbonyl (C=O) groups excluding carboxylic acids is 1. The highest BCUT2D eigenvalue weighted by Crippen LogP contribution is 2.43. The number of nitrogens with zero attached hydrogens (tertiary/aromatic N) is 1. The number of rotatable bonds is 4. The molecule has 1 aliphatic heterocycles. The summed E-state index contributed by atoms with van der Waals surface area (Å²) in [6, 6.07) is 9.50. The fourth-order valence-electron chi connectivity index (χ4n) is 4.30. The van der Waals surface area contributed by atoms with Gasteiger partial charge in [0, 0.05) is 11.6 Å². The Morgan fingerprint density at radius 3 is 2.85 bits per heavy atom. The molecule has 2 aromatic carbocycles. The van der Waals surface area contributed by atoms with Gasteiger partial charge >= 0.3 is 5.63 Å². The van der Waals surface area contributed by atoms with Crippen LogP contribution < -0.4 is 20.4 Å². The molecule has 170 valence electrons. The van der Waals surface area contributed by atoms with Crippen molar-refractivity contribution in [3.05, 3.63) is 57.4 Å². The normalized spacial score (nSPS) is 14.7. The molecule has 1 amide bonds. The minimum Gasteiger partial charge on any atom is -0.496 e. The smallest absolute Gasteiger partial charge is 0.340 e. The zero-order valence-corrected chi connectivity index (χ0v) is 19.7. The number of aryl methyl sites for hydroxylation is 2. The van der Waals surface area contributed by atoms with Crippen molar-refractivity contribution in [2.75, 3.05) is 12.4 Å². The Kier molecular flexibility index (Phi) is 5.12. The Bertz CT molecular complexity index is 1430. The molecule has 7 nitrogen and oxygen atoms in total. The standard InChI is InChI=1S/C25H24N2O5S/c1-13-15(11-20(28)27-24-26-16-7-5-6-8-19(16)33-24)23(29)31-22-14-9-10-25(2,3)32-17(14)12-18(30-4)21(13)22/h5-8,12H,9-11H2,1-4H3,(H,26,27,28). The molecule has 0 atom stereocenters. The van der Waals surface area contributed by atoms with E-state index in [1.165, 1.54) is 11.3 Å². The molecule has 33 heavy (non-hydrogen) atoms. The number of ether oxygens (including phenoxy) is 2. The number of fused-ring (bicyclic) bond motifs is 4. The first-order valence-electron chi connectivity index (χ1n) is 10.8. The average molecular weight is 465 g/mol. The lowest BCUT2D eigenvalue weighted by atomic mass is 9.91. The van der Waals surface area contributed by atoms with Crippen molar-refractivity contribution in [3.63, 3.8) is 0 Å². The first-order valence-corrected chi connectivity index (χ1v) is 11.6. The Labute approximate surface area is 194 Å². The number of carbonyl (C=O) groups is 1. The number of hydrogen-bond donors (Lipinski definition) is 1. The third-order valence-electron chi connectivity index (χ3n) is 6.04. The van der Waals surface area contributed by atoms with Crippen LogP contribution in [0.1, 0.15) is 37.0 Å². The molecule has 5 rings (SSSR count). The summed E-state index contributed by atoms with van der Waals surface area (Å²) < 4.78 is 18.5. The number of hydrogen-bond acceptors (Lipinski definition) is 7. The maximum Gasteiger partial charge on any atom is 0.340 e. The van der Waals surface area contributed by atoms with Gasteiger partial charge in [-0.05, 0) is 51.3 Å². The van der Waals surface area contributed by atoms with Crippen LogP contribution in [-0.2, 0) is 17.6 Å². The minimum absolute atomic E-state index is 0.121. The second kappa shape index (κ2) is 7.88. The molecular formula is C25H24N2O5S. The summed E-state index contributed by atoms with van der Waals surface area (Å²) in [5, 5.41) is 4.00. The van der Waals surface area contributed by atoms with Crippen LogP contribution in [-0.4, -0.2) is 23.6 Å². The topological polar surface area (TPSA) is 90.7 Å². The maximum atomic E-state index is 13.0. The van der Waals surface area contributed by atoms with Gasteiger partial charge in [0.1, 0.15) is 22.7 Å². The summed E-state index contributed by atoms with van der Waals surface area (Å²) in [7, 11) is 1.57. The van der Waals surface area contributed by atoms with Gasteiger partial charge in [-0.25, -0.2) is 9.78 Å². The van der Waals surface area contributed by atoms with Gasteiger partial charge in [-0.3, -0.25) is 4.79 Å². The first kappa shape index (κ1) is 21.5. The van der Waals surface area contributed by atoms with E-state index < -0.39 is 5.63 Å². The SMILES string of the molecule is COc1cc2c(c3oc(=O)c(CC(=O)Nc4nc5ccccc5s4)c(C)c13)CCC(C)(C)O2. The van der Waals surface area contributed by atoms with E-state index in [2.05, 4.69) is 10.3 Å². The molecule has 8 heteroatoms. The highest BCUT2D eigenvalue weighted by atomic mass is 32.1. The van der Waals surface area contributed by atoms with E-state index in [4.69, 9.17) is 13.9 Å². The molecule has 3 heterocycles. The monoisotopic (exact) mass is 464 g/mol. The molecule has 0 saturated heterocycles. The van der Waals surface area contributed by atoms with Crippen molar-refractivity contribution < 1.29 is 18.7 Å². The fourth-order valence-corrected chi connectivity index (χ4v) is 5.18. The van der Waals surface area contributed by atoms with Crippen molar-refractivity contribution in [2.45, 2.75) is 45.6 Å². The van der Waals surface area contributed by atoms with Gasteiger partial charge in [-0.15, -0.1) is 0 Å². The summed E-state index contributed by atoms with van der Waals surface area (Å²) in [4.78, 5) is 30.2. The van der Waals surface area contributed by atoms with Crippen LogP contribution in [0.4, 0.5) is 5.13 Å². The zero-order valence-electron chi connectivity index (χ0n) is 18.9. The van der Waals surface area contributed by atoms with Gasteiger partial charge < -0.3 is 19.2 Å². The second-order valence-electron chi connectivity index (χ2n) is 8.83. The van der Waals surface area contributed by atoms with Crippen molar-refractivity contribution in [3.8, 4) is 11.5 Å². The number of benzene rings is 2. The fraction of sp³-hybridized carbons (Fsp3) is 0.320. The predicted molar refractivity (Wildman–Crippen MR) is 129 cm³/mol. The summed E-state index contributed by atoms with van der Waals surface area (Å²) in [5.74, 6) is 0.890. The predicted octanol–water partition coefficient (Wildman–Crippen LogP) is 5.00. The summed E-state index contributed by atoms with van der Waals surface area (Å²) in [6.45, 7) is 5.88. The van der Waals surface area contributed by atoms with E-state index in [1.807, 2.05) is 51.1 Å². The first-order chi connectivity index (χ1) is 15.8. The van der Waals surface area contributed by atoms with Crippen LogP contribution >= 0.6 is 11.3 Å². The summed E-state index contributed by atoms with van der Waals surface area (Å²) in [5.41, 5.74) is 2.29. The Morgan fingerprint density at radius 1 is 1.30 bits per heavy atom. The lowest BCUT2D eigenvalue weighted by Crippen LogP contribution is -2.32. The molecule has 1 N–H and O–H groups in total. The molecule has 0 radical (unpaired) electrons. The van der Waals surface area contributed by atoms with Crippen LogP contribution in [0.15, 0.2) is 39.5 Å². The van der Waals surface area contributed by atoms with Gasteiger partial charge in [0.25, 0.3) is 0 Å². The van der Waals surface area contributed by atoms with E-state index in [0.29, 0.717) is 38.7 Å². The third-order valence-corrected chi connectivity index (χ3v) is 6.99. The van der Waals surface area contributed by atoms with Gasteiger partial charge in [0.15, 0.2) is 5.13 Å². The van der Waals surface area contributed by atoms with Gasteiger partial charge in [-0.1, -0.05) is 23.5 Å². The highest BCUT2D eigenvalue weighted by Gasteiger charge is 2.31. The van der Waals surface area contributed by atoms with Gasteiger partial charge in [0.2, 0.25) is 5.91 Å². The maximum absolute atomic E-state index is 13.0. The third kappa shape index (κ3) is 3.84. The number of nitrogens with one attached hydrogen (secondary N) is 1. The molecule has 0 saturated carbocycles. The molecule has 4 aromatic rings. The van der Waals surface area contributed by atoms with E-state index in [9.17, 15) is 9.59 Å². The quantitative estimate of drug-likeness (QED) is 0.427. The lowest BCUT2D eigenvalue weighted by Gasteiger charge is -2.33. The molecular weight excluding hydrogens is 440 g/mol. The Morgan fingerprint density at radius 2 is 2.09 bits per heavy atom. The van der Waals surface area contributed by atoms with Crippen LogP contribution in [0.25, 0.3) is 21.2 Å². The van der Waals surface area contributed by atoms with Crippen molar-refractivity contribution in [1.29, 1.82) is 0 Å². The van der Waals surface area contributed by atoms with Crippen molar-refractivity contribution in [1.82, 2.24) is 4.98 Å². The van der Waals surface area contributed by atoms with Crippen LogP contribution in [0.5, 0.6) is 11.5 Å². The molecule has 0 spiro atoms. The Hall–Kier alpha value is -3.39. The highest BCUT2D eigenvalue weighted by molar-refractivity contribution is 7.22. The van der Waals surface area contributed by atoms with E-state index in [-0.39, 0.29) is 17.9 Å². The van der Waals surface area contributed by atoms with Crippen molar-refractivity contribution in [2.24, 2.45) is 0 Å². The summed E-state index contributed by atoms with van der Waals surface area (Å²) in [6.07, 6.45) is 1.41. The summed E-state index contributed by atoms with van der Waals surface area (Å²) >= 11 is 1.39. The molecule has 0 unspecified atom stereocenters. The van der Waals surface area contributed by atoms with E-state index in [0.717, 1.165) is 28.6 Å². The molecule has 0 bridgehead atoms. The van der Waals surface area contributed by atoms with Crippen molar-refractivity contribution >= 4 is 43.6 Å². The number of aromatic nitrogens is 1.